The van der Waals surface area contributed by atoms with Crippen molar-refractivity contribution in [3.05, 3.63) is 80.9 Å². The lowest BCUT2D eigenvalue weighted by Crippen LogP contribution is -2.17. The fraction of sp³-hybridized carbons (Fsp3) is 0.476. The minimum absolute atomic E-state index is 0.0660. The molecule has 378 valence electrons. The minimum atomic E-state index is -3.22. The number of carbonyl (C=O) groups excluding carboxylic acids is 2. The summed E-state index contributed by atoms with van der Waals surface area (Å²) in [6.45, 7) is 17.1. The molecule has 5 aromatic heterocycles. The number of anilines is 1. The van der Waals surface area contributed by atoms with Gasteiger partial charge in [-0.1, -0.05) is 55.2 Å². The number of carbonyl (C=O) groups is 2. The molecule has 0 spiro atoms. The van der Waals surface area contributed by atoms with Crippen LogP contribution in [-0.2, 0) is 34.8 Å². The Labute approximate surface area is 424 Å². The third-order valence-electron chi connectivity index (χ3n) is 7.16. The predicted molar refractivity (Wildman–Crippen MR) is 276 cm³/mol. The highest BCUT2D eigenvalue weighted by Gasteiger charge is 2.20. The number of nitrogens with zero attached hydrogens (tertiary/aromatic N) is 6. The van der Waals surface area contributed by atoms with E-state index in [4.69, 9.17) is 43.1 Å². The highest BCUT2D eigenvalue weighted by molar-refractivity contribution is 9.09. The largest absolute Gasteiger partial charge is 0.465 e. The van der Waals surface area contributed by atoms with Gasteiger partial charge in [0, 0.05) is 48.8 Å². The fourth-order valence-electron chi connectivity index (χ4n) is 4.39. The third-order valence-corrected chi connectivity index (χ3v) is 8.37. The van der Waals surface area contributed by atoms with Crippen LogP contribution in [0.4, 0.5) is 5.69 Å². The van der Waals surface area contributed by atoms with Crippen LogP contribution in [0, 0.1) is 40.4 Å². The van der Waals surface area contributed by atoms with Crippen LogP contribution in [0.2, 0.25) is 5.15 Å². The first-order valence-corrected chi connectivity index (χ1v) is 26.4. The molecule has 20 nitrogen and oxygen atoms in total. The molecule has 0 aliphatic carbocycles. The van der Waals surface area contributed by atoms with Crippen LogP contribution in [-0.4, -0.2) is 91.5 Å². The second-order valence-corrected chi connectivity index (χ2v) is 21.3. The van der Waals surface area contributed by atoms with Crippen molar-refractivity contribution in [1.82, 2.24) is 34.9 Å². The maximum absolute atomic E-state index is 11.2. The average molecular weight is 1120 g/mol. The van der Waals surface area contributed by atoms with Crippen LogP contribution in [0.15, 0.2) is 64.0 Å². The molecular formula is C42H62BrCl4N12O8P. The lowest BCUT2D eigenvalue weighted by molar-refractivity contribution is -0.146. The standard InChI is InChI=1S/C9H14N2O.C9H15NO2.C6H4ClN3.C6H5N3O.C5H11BrO.C5H7NO2.C2H6N2.Cl3OP/c1-6(2)5-7-8(10)3-4-11-9(7)12;1-4-12-9(11)8(6-10)5-7(2)3;7-5-4-1-2-8-6(4)10-3-9-5;10-6-4-1-2-7-5(4)8-3-9-6;1-3-7-5(2)4-6;1-2-8-5(7)3-4-6;1-4-2-3;1-5(2,3)4/h3-4,6H,5H2,1-2H3,(H3,10,11,12);7-8H,4-5H2,1-3H3;1-3H,(H,8,9,10);1-3H,(H2,7,8,9,10);5H,3-4H2,1-2H3;2-3H2,1H3;2H,1H3,(H2,3,4);. The number of hydrogen-bond donors (Lipinski definition) is 6. The van der Waals surface area contributed by atoms with E-state index in [9.17, 15) is 23.7 Å². The van der Waals surface area contributed by atoms with E-state index in [-0.39, 0.29) is 17.5 Å². The monoisotopic (exact) mass is 1110 g/mol. The number of fused-ring (bicyclic) bond motifs is 2. The van der Waals surface area contributed by atoms with E-state index in [0.29, 0.717) is 65.0 Å². The zero-order valence-corrected chi connectivity index (χ0v) is 44.9. The Hall–Kier alpha value is -4.99. The molecule has 0 bridgehead atoms. The lowest BCUT2D eigenvalue weighted by atomic mass is 9.99. The molecule has 26 heteroatoms. The van der Waals surface area contributed by atoms with E-state index in [1.165, 1.54) is 19.0 Å². The first-order valence-electron chi connectivity index (χ1n) is 20.5. The maximum atomic E-state index is 11.2. The summed E-state index contributed by atoms with van der Waals surface area (Å²) < 4.78 is 23.8. The predicted octanol–water partition coefficient (Wildman–Crippen LogP) is 9.44. The summed E-state index contributed by atoms with van der Waals surface area (Å²) >= 11 is 22.9. The molecule has 8 N–H and O–H groups in total. The topological polar surface area (TPSA) is 327 Å². The summed E-state index contributed by atoms with van der Waals surface area (Å²) in [6, 6.07) is 8.88. The zero-order valence-electron chi connectivity index (χ0n) is 39.4. The van der Waals surface area contributed by atoms with Gasteiger partial charge in [0.05, 0.1) is 54.9 Å². The number of alkyl halides is 1. The molecule has 0 saturated heterocycles. The highest BCUT2D eigenvalue weighted by Crippen LogP contribution is 2.61. The third kappa shape index (κ3) is 36.1. The van der Waals surface area contributed by atoms with Gasteiger partial charge in [-0.2, -0.15) is 10.5 Å². The van der Waals surface area contributed by atoms with E-state index in [2.05, 4.69) is 108 Å². The smallest absolute Gasteiger partial charge is 0.339 e. The van der Waals surface area contributed by atoms with Crippen molar-refractivity contribution in [2.75, 3.05) is 37.9 Å². The fourth-order valence-corrected chi connectivity index (χ4v) is 4.77. The van der Waals surface area contributed by atoms with Crippen molar-refractivity contribution < 1.29 is 28.4 Å². The van der Waals surface area contributed by atoms with Gasteiger partial charge in [-0.3, -0.25) is 28.7 Å². The van der Waals surface area contributed by atoms with Crippen molar-refractivity contribution in [3.8, 4) is 12.1 Å². The van der Waals surface area contributed by atoms with Crippen molar-refractivity contribution in [1.29, 1.82) is 10.5 Å². The lowest BCUT2D eigenvalue weighted by Gasteiger charge is -2.09. The number of aromatic nitrogens is 7. The van der Waals surface area contributed by atoms with Gasteiger partial charge in [-0.05, 0) is 104 Å². The molecular weight excluding hydrogens is 1050 g/mol. The molecule has 0 saturated carbocycles. The zero-order chi connectivity index (χ0) is 52.7. The second-order valence-electron chi connectivity index (χ2n) is 13.6. The quantitative estimate of drug-likeness (QED) is 0.0179. The number of nitriles is 2. The Kier molecular flexibility index (Phi) is 40.6. The number of nitrogens with two attached hydrogens (primary N) is 2. The summed E-state index contributed by atoms with van der Waals surface area (Å²) in [6.07, 6.45) is 10.6. The number of pyridine rings is 1. The van der Waals surface area contributed by atoms with E-state index >= 15 is 0 Å². The Morgan fingerprint density at radius 2 is 1.41 bits per heavy atom. The molecule has 2 unspecified atom stereocenters. The number of halogens is 5. The molecule has 5 rings (SSSR count). The van der Waals surface area contributed by atoms with Crippen LogP contribution in [0.25, 0.3) is 22.1 Å². The number of nitrogens with one attached hydrogen (secondary N) is 4. The van der Waals surface area contributed by atoms with Gasteiger partial charge >= 0.3 is 17.1 Å². The Morgan fingerprint density at radius 1 is 0.868 bits per heavy atom. The number of rotatable bonds is 11. The Bertz CT molecular complexity index is 2400. The van der Waals surface area contributed by atoms with E-state index in [1.54, 1.807) is 57.7 Å². The Balaban J connectivity index is -0.000000725. The SMILES string of the molecule is CC(C)Cc1c(N)cc[nH]c1=O.CCOC(=O)C(C#N)CC(C)C.CCOC(=O)CC#N.CCOC(C)CBr.CN=CN.Clc1ncnc2[nH]ccc12.O=P(Cl)(Cl)Cl.O=c1[nH]cnc2[nH]ccc12. The molecule has 68 heavy (non-hydrogen) atoms. The van der Waals surface area contributed by atoms with Gasteiger partial charge < -0.3 is 45.6 Å². The van der Waals surface area contributed by atoms with Crippen LogP contribution in [0.3, 0.4) is 0 Å². The second kappa shape index (κ2) is 41.0. The van der Waals surface area contributed by atoms with Crippen LogP contribution < -0.4 is 22.6 Å². The summed E-state index contributed by atoms with van der Waals surface area (Å²) in [5, 5.41) is 16.2. The summed E-state index contributed by atoms with van der Waals surface area (Å²) in [7, 11) is 1.62. The van der Waals surface area contributed by atoms with Gasteiger partial charge in [0.15, 0.2) is 0 Å². The molecule has 0 amide bonds. The van der Waals surface area contributed by atoms with E-state index in [0.717, 1.165) is 29.4 Å². The number of aliphatic imine (C=N–C) groups is 1. The van der Waals surface area contributed by atoms with Crippen molar-refractivity contribution in [2.45, 2.75) is 80.8 Å². The first-order chi connectivity index (χ1) is 32.0. The van der Waals surface area contributed by atoms with Gasteiger partial charge in [0.1, 0.15) is 35.1 Å². The van der Waals surface area contributed by atoms with Crippen molar-refractivity contribution in [2.24, 2.45) is 28.5 Å². The van der Waals surface area contributed by atoms with E-state index in [1.807, 2.05) is 39.8 Å². The minimum Gasteiger partial charge on any atom is -0.465 e. The van der Waals surface area contributed by atoms with Crippen LogP contribution >= 0.6 is 66.5 Å². The average Bonchev–Trinajstić information content (AvgIpc) is 3.97. The number of esters is 2. The molecule has 2 atom stereocenters. The maximum Gasteiger partial charge on any atom is 0.339 e. The van der Waals surface area contributed by atoms with Gasteiger partial charge in [-0.25, -0.2) is 15.0 Å². The molecule has 5 aromatic rings. The number of aromatic amines is 4. The van der Waals surface area contributed by atoms with Gasteiger partial charge in [0.25, 0.3) is 11.1 Å². The van der Waals surface area contributed by atoms with E-state index < -0.39 is 23.1 Å². The van der Waals surface area contributed by atoms with Crippen LogP contribution in [0.1, 0.15) is 73.8 Å². The van der Waals surface area contributed by atoms with Gasteiger partial charge in [0.2, 0.25) is 0 Å². The molecule has 0 radical (unpaired) electrons. The number of hydrogen-bond acceptors (Lipinski definition) is 15. The normalized spacial score (nSPS) is 10.9. The molecule has 5 heterocycles. The van der Waals surface area contributed by atoms with Gasteiger partial charge in [-0.15, -0.1) is 0 Å². The van der Waals surface area contributed by atoms with Crippen molar-refractivity contribution in [3.63, 3.8) is 0 Å². The first kappa shape index (κ1) is 67.3. The number of ether oxygens (including phenoxy) is 3. The van der Waals surface area contributed by atoms with Crippen molar-refractivity contribution >= 4 is 112 Å². The van der Waals surface area contributed by atoms with Crippen LogP contribution in [0.5, 0.6) is 0 Å². The number of H-pyrrole nitrogens is 4. The summed E-state index contributed by atoms with van der Waals surface area (Å²) in [5.41, 5.74) is 12.9. The molecule has 0 fully saturated rings. The highest BCUT2D eigenvalue weighted by atomic mass is 79.9. The molecule has 0 aromatic carbocycles. The molecule has 0 aliphatic heterocycles. The molecule has 0 aliphatic rings. The number of nitrogen functional groups attached to an aromatic ring is 1. The Morgan fingerprint density at radius 3 is 1.82 bits per heavy atom. The summed E-state index contributed by atoms with van der Waals surface area (Å²) in [4.78, 5) is 69.3. The summed E-state index contributed by atoms with van der Waals surface area (Å²) in [5.74, 6) is -0.636.